The van der Waals surface area contributed by atoms with Gasteiger partial charge < -0.3 is 9.30 Å². The molecule has 5 rings (SSSR count). The third kappa shape index (κ3) is 5.41. The third-order valence-corrected chi connectivity index (χ3v) is 6.58. The number of benzene rings is 2. The first-order valence-corrected chi connectivity index (χ1v) is 13.1. The Hall–Kier alpha value is -4.14. The summed E-state index contributed by atoms with van der Waals surface area (Å²) < 4.78 is 7.80. The number of aryl methyl sites for hydroxylation is 1. The number of tetrazole rings is 1. The molecule has 0 saturated carbocycles. The summed E-state index contributed by atoms with van der Waals surface area (Å²) in [6, 6.07) is 16.7. The van der Waals surface area contributed by atoms with E-state index in [4.69, 9.17) is 4.74 Å². The highest BCUT2D eigenvalue weighted by Gasteiger charge is 2.29. The molecule has 0 fully saturated rings. The molecule has 1 unspecified atom stereocenters. The van der Waals surface area contributed by atoms with E-state index in [1.807, 2.05) is 39.0 Å². The van der Waals surface area contributed by atoms with Crippen LogP contribution in [0.1, 0.15) is 76.6 Å². The quantitative estimate of drug-likeness (QED) is 0.308. The van der Waals surface area contributed by atoms with Gasteiger partial charge in [0.05, 0.1) is 12.5 Å². The van der Waals surface area contributed by atoms with E-state index in [0.717, 1.165) is 65.2 Å². The highest BCUT2D eigenvalue weighted by Crippen LogP contribution is 2.37. The van der Waals surface area contributed by atoms with Gasteiger partial charge in [0.15, 0.2) is 5.82 Å². The maximum absolute atomic E-state index is 12.6. The summed E-state index contributed by atoms with van der Waals surface area (Å²) in [4.78, 5) is 12.6. The van der Waals surface area contributed by atoms with E-state index in [-0.39, 0.29) is 18.4 Å². The lowest BCUT2D eigenvalue weighted by Crippen LogP contribution is -2.25. The van der Waals surface area contributed by atoms with Gasteiger partial charge in [0.2, 0.25) is 5.82 Å². The second kappa shape index (κ2) is 10.7. The van der Waals surface area contributed by atoms with Crippen LogP contribution in [0.4, 0.5) is 0 Å². The average molecular weight is 512 g/mol. The zero-order chi connectivity index (χ0) is 26.7. The summed E-state index contributed by atoms with van der Waals surface area (Å²) in [5.41, 5.74) is 4.54. The molecular formula is C29H33N7O2. The first kappa shape index (κ1) is 25.5. The number of hydrogen-bond donors (Lipinski definition) is 1. The van der Waals surface area contributed by atoms with Gasteiger partial charge in [-0.2, -0.15) is 5.21 Å². The largest absolute Gasteiger partial charge is 0.460 e. The lowest BCUT2D eigenvalue weighted by Gasteiger charge is -2.27. The van der Waals surface area contributed by atoms with Crippen molar-refractivity contribution in [3.63, 3.8) is 0 Å². The van der Waals surface area contributed by atoms with Crippen molar-refractivity contribution in [2.24, 2.45) is 0 Å². The lowest BCUT2D eigenvalue weighted by molar-refractivity contribution is -0.153. The van der Waals surface area contributed by atoms with Crippen molar-refractivity contribution in [2.75, 3.05) is 0 Å². The summed E-state index contributed by atoms with van der Waals surface area (Å²) >= 11 is 0. The second-order valence-corrected chi connectivity index (χ2v) is 10.6. The van der Waals surface area contributed by atoms with Gasteiger partial charge in [-0.15, -0.1) is 20.4 Å². The number of aromatic amines is 1. The molecule has 0 spiro atoms. The van der Waals surface area contributed by atoms with Crippen molar-refractivity contribution < 1.29 is 9.53 Å². The molecule has 2 aromatic heterocycles. The molecule has 38 heavy (non-hydrogen) atoms. The van der Waals surface area contributed by atoms with E-state index in [1.54, 1.807) is 0 Å². The number of unbranched alkanes of at least 4 members (excludes halogenated alkanes) is 1. The Labute approximate surface area is 222 Å². The number of aromatic nitrogens is 7. The van der Waals surface area contributed by atoms with Gasteiger partial charge in [0.1, 0.15) is 11.4 Å². The predicted octanol–water partition coefficient (Wildman–Crippen LogP) is 5.58. The van der Waals surface area contributed by atoms with Crippen molar-refractivity contribution in [3.8, 4) is 22.5 Å². The number of esters is 1. The van der Waals surface area contributed by atoms with Crippen LogP contribution in [0.25, 0.3) is 28.1 Å². The van der Waals surface area contributed by atoms with Crippen LogP contribution in [-0.2, 0) is 16.0 Å². The fourth-order valence-electron chi connectivity index (χ4n) is 4.89. The van der Waals surface area contributed by atoms with Crippen molar-refractivity contribution in [1.29, 1.82) is 0 Å². The van der Waals surface area contributed by atoms with Gasteiger partial charge >= 0.3 is 5.97 Å². The number of nitrogens with zero attached hydrogens (tertiary/aromatic N) is 6. The lowest BCUT2D eigenvalue weighted by atomic mass is 9.93. The summed E-state index contributed by atoms with van der Waals surface area (Å²) in [5, 5.41) is 23.6. The molecular weight excluding hydrogens is 478 g/mol. The molecule has 196 valence electrons. The van der Waals surface area contributed by atoms with Crippen LogP contribution in [0, 0.1) is 0 Å². The van der Waals surface area contributed by atoms with Gasteiger partial charge in [0.25, 0.3) is 0 Å². The maximum Gasteiger partial charge on any atom is 0.310 e. The minimum Gasteiger partial charge on any atom is -0.460 e. The van der Waals surface area contributed by atoms with E-state index in [9.17, 15) is 4.79 Å². The molecule has 2 aromatic carbocycles. The normalized spacial score (nSPS) is 15.2. The zero-order valence-electron chi connectivity index (χ0n) is 22.3. The Morgan fingerprint density at radius 2 is 1.82 bits per heavy atom. The number of hydrogen-bond acceptors (Lipinski definition) is 7. The topological polar surface area (TPSA) is 111 Å². The molecule has 9 heteroatoms. The number of carbonyl (C=O) groups excluding carboxylic acids is 1. The molecule has 0 aliphatic carbocycles. The molecule has 1 aliphatic heterocycles. The van der Waals surface area contributed by atoms with Gasteiger partial charge in [0, 0.05) is 17.6 Å². The van der Waals surface area contributed by atoms with E-state index < -0.39 is 5.60 Å². The first-order valence-electron chi connectivity index (χ1n) is 13.1. The number of allylic oxidation sites excluding steroid dienone is 1. The number of ether oxygens (including phenoxy) is 1. The zero-order valence-corrected chi connectivity index (χ0v) is 22.3. The molecule has 0 bridgehead atoms. The Balaban J connectivity index is 1.45. The van der Waals surface area contributed by atoms with Gasteiger partial charge in [-0.05, 0) is 55.5 Å². The van der Waals surface area contributed by atoms with Crippen LogP contribution >= 0.6 is 0 Å². The minimum absolute atomic E-state index is 0.0516. The van der Waals surface area contributed by atoms with E-state index in [2.05, 4.69) is 78.7 Å². The fourth-order valence-corrected chi connectivity index (χ4v) is 4.89. The first-order chi connectivity index (χ1) is 18.3. The van der Waals surface area contributed by atoms with Gasteiger partial charge in [-0.25, -0.2) is 0 Å². The van der Waals surface area contributed by atoms with Crippen LogP contribution < -0.4 is 0 Å². The Morgan fingerprint density at radius 1 is 1.05 bits per heavy atom. The number of nitrogens with one attached hydrogen (secondary N) is 1. The third-order valence-electron chi connectivity index (χ3n) is 6.58. The SMILES string of the molecule is CCCCc1nnc2n1C(c1ccc(-c3ccccc3-c3nn[nH]n3)cc1)CC=C2CC(=O)OC(C)(C)C. The maximum atomic E-state index is 12.6. The Kier molecular flexibility index (Phi) is 7.18. The molecule has 0 saturated heterocycles. The Morgan fingerprint density at radius 3 is 2.50 bits per heavy atom. The van der Waals surface area contributed by atoms with Crippen molar-refractivity contribution in [2.45, 2.75) is 71.4 Å². The van der Waals surface area contributed by atoms with Crippen LogP contribution in [0.3, 0.4) is 0 Å². The molecule has 9 nitrogen and oxygen atoms in total. The average Bonchev–Trinajstić information content (AvgIpc) is 3.58. The van der Waals surface area contributed by atoms with Crippen LogP contribution in [-0.4, -0.2) is 47.0 Å². The van der Waals surface area contributed by atoms with Crippen molar-refractivity contribution in [3.05, 3.63) is 71.8 Å². The summed E-state index contributed by atoms with van der Waals surface area (Å²) in [6.45, 7) is 7.81. The number of rotatable bonds is 8. The molecule has 1 aliphatic rings. The summed E-state index contributed by atoms with van der Waals surface area (Å²) in [5.74, 6) is 2.02. The smallest absolute Gasteiger partial charge is 0.310 e. The highest BCUT2D eigenvalue weighted by atomic mass is 16.6. The van der Waals surface area contributed by atoms with Crippen molar-refractivity contribution >= 4 is 11.5 Å². The molecule has 1 atom stereocenters. The number of H-pyrrole nitrogens is 1. The molecule has 0 amide bonds. The van der Waals surface area contributed by atoms with Gasteiger partial charge in [-0.1, -0.05) is 68.0 Å². The molecule has 1 N–H and O–H groups in total. The van der Waals surface area contributed by atoms with E-state index in [0.29, 0.717) is 5.82 Å². The number of fused-ring (bicyclic) bond motifs is 1. The predicted molar refractivity (Wildman–Crippen MR) is 145 cm³/mol. The van der Waals surface area contributed by atoms with Crippen LogP contribution in [0.5, 0.6) is 0 Å². The standard InChI is InChI=1S/C29H33N7O2/c1-5-6-11-25-30-33-28-21(18-26(37)38-29(2,3)4)16-17-24(36(25)28)20-14-12-19(13-15-20)22-9-7-8-10-23(22)27-31-34-35-32-27/h7-10,12-16,24H,5-6,11,17-18H2,1-4H3,(H,31,32,34,35). The number of carbonyl (C=O) groups is 1. The summed E-state index contributed by atoms with van der Waals surface area (Å²) in [7, 11) is 0. The molecule has 0 radical (unpaired) electrons. The van der Waals surface area contributed by atoms with Crippen LogP contribution in [0.2, 0.25) is 0 Å². The monoisotopic (exact) mass is 511 g/mol. The molecule has 3 heterocycles. The van der Waals surface area contributed by atoms with Crippen molar-refractivity contribution in [1.82, 2.24) is 35.4 Å². The van der Waals surface area contributed by atoms with Crippen LogP contribution in [0.15, 0.2) is 54.6 Å². The van der Waals surface area contributed by atoms with E-state index >= 15 is 0 Å². The fraction of sp³-hybridized carbons (Fsp3) is 0.379. The van der Waals surface area contributed by atoms with E-state index in [1.165, 1.54) is 0 Å². The minimum atomic E-state index is -0.529. The molecule has 4 aromatic rings. The highest BCUT2D eigenvalue weighted by molar-refractivity contribution is 5.84. The van der Waals surface area contributed by atoms with Gasteiger partial charge in [-0.3, -0.25) is 4.79 Å². The summed E-state index contributed by atoms with van der Waals surface area (Å²) in [6.07, 6.45) is 5.99. The second-order valence-electron chi connectivity index (χ2n) is 10.6. The Bertz CT molecular complexity index is 1430.